The van der Waals surface area contributed by atoms with Gasteiger partial charge in [-0.25, -0.2) is 0 Å². The lowest BCUT2D eigenvalue weighted by Gasteiger charge is -2.42. The normalized spacial score (nSPS) is 30.1. The van der Waals surface area contributed by atoms with E-state index in [2.05, 4.69) is 35.9 Å². The van der Waals surface area contributed by atoms with Crippen LogP contribution in [0, 0.1) is 11.3 Å². The van der Waals surface area contributed by atoms with Crippen molar-refractivity contribution in [3.05, 3.63) is 0 Å². The predicted octanol–water partition coefficient (Wildman–Crippen LogP) is 3.21. The zero-order valence-electron chi connectivity index (χ0n) is 18.8. The van der Waals surface area contributed by atoms with Gasteiger partial charge in [0.05, 0.1) is 26.4 Å². The molecule has 1 N–H and O–H groups in total. The molecule has 3 atom stereocenters. The number of morpholine rings is 1. The van der Waals surface area contributed by atoms with E-state index in [1.165, 1.54) is 25.7 Å². The molecule has 3 aliphatic heterocycles. The van der Waals surface area contributed by atoms with Crippen LogP contribution in [0.2, 0.25) is 0 Å². The predicted molar refractivity (Wildman–Crippen MR) is 130 cm³/mol. The van der Waals surface area contributed by atoms with E-state index < -0.39 is 0 Å². The van der Waals surface area contributed by atoms with Gasteiger partial charge in [0.1, 0.15) is 0 Å². The smallest absolute Gasteiger partial charge is 0.193 e. The fourth-order valence-electron chi connectivity index (χ4n) is 5.24. The van der Waals surface area contributed by atoms with Gasteiger partial charge in [-0.15, -0.1) is 24.0 Å². The highest BCUT2D eigenvalue weighted by Crippen LogP contribution is 2.34. The fourth-order valence-corrected chi connectivity index (χ4v) is 5.24. The van der Waals surface area contributed by atoms with E-state index in [1.807, 2.05) is 0 Å². The lowest BCUT2D eigenvalue weighted by atomic mass is 9.78. The summed E-state index contributed by atoms with van der Waals surface area (Å²) in [6, 6.07) is 0.465. The minimum Gasteiger partial charge on any atom is -0.381 e. The van der Waals surface area contributed by atoms with E-state index in [1.54, 1.807) is 0 Å². The van der Waals surface area contributed by atoms with Crippen molar-refractivity contribution in [3.8, 4) is 0 Å². The van der Waals surface area contributed by atoms with Gasteiger partial charge in [-0.05, 0) is 38.0 Å². The molecule has 0 spiro atoms. The van der Waals surface area contributed by atoms with Crippen molar-refractivity contribution in [1.82, 2.24) is 15.1 Å². The second-order valence-corrected chi connectivity index (χ2v) is 9.12. The lowest BCUT2D eigenvalue weighted by molar-refractivity contribution is 0.00359. The standard InChI is InChI=1S/C22H42N4O2.HI/c1-4-8-22(3)9-6-10-26(18-22)21(23-5-2)24-16-20(19-7-13-28-17-19)25-11-14-27-15-12-25;/h19-20H,4-18H2,1-3H3,(H,23,24);1H. The van der Waals surface area contributed by atoms with Gasteiger partial charge in [0.25, 0.3) is 0 Å². The third kappa shape index (κ3) is 7.21. The molecule has 0 amide bonds. The lowest BCUT2D eigenvalue weighted by Crippen LogP contribution is -2.51. The zero-order chi connectivity index (χ0) is 19.8. The summed E-state index contributed by atoms with van der Waals surface area (Å²) in [5.41, 5.74) is 0.423. The van der Waals surface area contributed by atoms with Crippen molar-refractivity contribution >= 4 is 29.9 Å². The maximum Gasteiger partial charge on any atom is 0.193 e. The van der Waals surface area contributed by atoms with Crippen molar-refractivity contribution in [2.24, 2.45) is 16.3 Å². The first-order valence-electron chi connectivity index (χ1n) is 11.6. The molecular weight excluding hydrogens is 479 g/mol. The summed E-state index contributed by atoms with van der Waals surface area (Å²) in [5.74, 6) is 1.71. The molecule has 0 aromatic carbocycles. The van der Waals surface area contributed by atoms with Gasteiger partial charge in [0.15, 0.2) is 5.96 Å². The van der Waals surface area contributed by atoms with E-state index in [-0.39, 0.29) is 24.0 Å². The molecule has 3 aliphatic rings. The molecule has 3 rings (SSSR count). The summed E-state index contributed by atoms with van der Waals surface area (Å²) >= 11 is 0. The van der Waals surface area contributed by atoms with Crippen LogP contribution in [-0.4, -0.2) is 87.5 Å². The number of nitrogens with zero attached hydrogens (tertiary/aromatic N) is 3. The van der Waals surface area contributed by atoms with Gasteiger partial charge in [0.2, 0.25) is 0 Å². The van der Waals surface area contributed by atoms with Gasteiger partial charge in [-0.3, -0.25) is 9.89 Å². The SMILES string of the molecule is CCCC1(C)CCCN(C(=NCC(C2CCOC2)N2CCOCC2)NCC)C1.I. The number of hydrogen-bond acceptors (Lipinski definition) is 4. The third-order valence-corrected chi connectivity index (χ3v) is 6.72. The number of hydrogen-bond donors (Lipinski definition) is 1. The molecule has 3 saturated heterocycles. The summed E-state index contributed by atoms with van der Waals surface area (Å²) in [5, 5.41) is 3.58. The van der Waals surface area contributed by atoms with E-state index >= 15 is 0 Å². The second kappa shape index (κ2) is 12.7. The molecule has 0 aromatic rings. The fraction of sp³-hybridized carbons (Fsp3) is 0.955. The van der Waals surface area contributed by atoms with Crippen LogP contribution in [0.5, 0.6) is 0 Å². The van der Waals surface area contributed by atoms with Crippen LogP contribution in [0.1, 0.15) is 52.9 Å². The Hall–Kier alpha value is -0.120. The molecule has 0 aromatic heterocycles. The highest BCUT2D eigenvalue weighted by molar-refractivity contribution is 14.0. The maximum absolute atomic E-state index is 5.72. The number of aliphatic imine (C=N–C) groups is 1. The van der Waals surface area contributed by atoms with Crippen LogP contribution in [0.15, 0.2) is 4.99 Å². The van der Waals surface area contributed by atoms with Crippen molar-refractivity contribution in [2.75, 3.05) is 65.7 Å². The van der Waals surface area contributed by atoms with Crippen LogP contribution in [-0.2, 0) is 9.47 Å². The Balaban J connectivity index is 0.00000300. The maximum atomic E-state index is 5.72. The second-order valence-electron chi connectivity index (χ2n) is 9.12. The summed E-state index contributed by atoms with van der Waals surface area (Å²) in [7, 11) is 0. The van der Waals surface area contributed by atoms with Crippen LogP contribution in [0.3, 0.4) is 0 Å². The van der Waals surface area contributed by atoms with E-state index in [4.69, 9.17) is 14.5 Å². The Bertz CT molecular complexity index is 491. The van der Waals surface area contributed by atoms with E-state index in [9.17, 15) is 0 Å². The molecule has 3 heterocycles. The highest BCUT2D eigenvalue weighted by Gasteiger charge is 2.33. The monoisotopic (exact) mass is 522 g/mol. The Labute approximate surface area is 195 Å². The van der Waals surface area contributed by atoms with E-state index in [0.29, 0.717) is 17.4 Å². The average molecular weight is 523 g/mol. The number of halogens is 1. The molecule has 6 nitrogen and oxygen atoms in total. The van der Waals surface area contributed by atoms with Gasteiger partial charge >= 0.3 is 0 Å². The van der Waals surface area contributed by atoms with Crippen LogP contribution >= 0.6 is 24.0 Å². The topological polar surface area (TPSA) is 49.3 Å². The zero-order valence-corrected chi connectivity index (χ0v) is 21.2. The molecular formula is C22H43IN4O2. The van der Waals surface area contributed by atoms with Crippen molar-refractivity contribution in [3.63, 3.8) is 0 Å². The molecule has 3 unspecified atom stereocenters. The molecule has 3 fully saturated rings. The van der Waals surface area contributed by atoms with Gasteiger partial charge in [0, 0.05) is 51.3 Å². The van der Waals surface area contributed by atoms with Gasteiger partial charge in [-0.2, -0.15) is 0 Å². The minimum absolute atomic E-state index is 0. The number of nitrogens with one attached hydrogen (secondary N) is 1. The highest BCUT2D eigenvalue weighted by atomic mass is 127. The summed E-state index contributed by atoms with van der Waals surface area (Å²) < 4.78 is 11.3. The van der Waals surface area contributed by atoms with Crippen molar-refractivity contribution in [1.29, 1.82) is 0 Å². The number of guanidine groups is 1. The first-order valence-corrected chi connectivity index (χ1v) is 11.6. The Morgan fingerprint density at radius 1 is 1.17 bits per heavy atom. The number of piperidine rings is 1. The van der Waals surface area contributed by atoms with E-state index in [0.717, 1.165) is 78.1 Å². The molecule has 170 valence electrons. The Morgan fingerprint density at radius 3 is 2.62 bits per heavy atom. The average Bonchev–Trinajstić information content (AvgIpc) is 3.22. The Kier molecular flexibility index (Phi) is 11.0. The first-order chi connectivity index (χ1) is 13.6. The number of rotatable bonds is 7. The largest absolute Gasteiger partial charge is 0.381 e. The molecule has 7 heteroatoms. The van der Waals surface area contributed by atoms with Crippen molar-refractivity contribution in [2.45, 2.75) is 58.9 Å². The summed E-state index contributed by atoms with van der Waals surface area (Å²) in [4.78, 5) is 10.3. The number of likely N-dealkylation sites (tertiary alicyclic amines) is 1. The molecule has 0 saturated carbocycles. The minimum atomic E-state index is 0. The number of ether oxygens (including phenoxy) is 2. The van der Waals surface area contributed by atoms with Crippen LogP contribution in [0.25, 0.3) is 0 Å². The molecule has 29 heavy (non-hydrogen) atoms. The molecule has 0 radical (unpaired) electrons. The van der Waals surface area contributed by atoms with Gasteiger partial charge < -0.3 is 19.7 Å². The third-order valence-electron chi connectivity index (χ3n) is 6.72. The van der Waals surface area contributed by atoms with Crippen LogP contribution < -0.4 is 5.32 Å². The quantitative estimate of drug-likeness (QED) is 0.316. The first kappa shape index (κ1) is 25.1. The molecule has 0 bridgehead atoms. The van der Waals surface area contributed by atoms with Crippen LogP contribution in [0.4, 0.5) is 0 Å². The van der Waals surface area contributed by atoms with Crippen molar-refractivity contribution < 1.29 is 9.47 Å². The summed E-state index contributed by atoms with van der Waals surface area (Å²) in [6.45, 7) is 16.5. The summed E-state index contributed by atoms with van der Waals surface area (Å²) in [6.07, 6.45) is 6.33. The Morgan fingerprint density at radius 2 is 1.97 bits per heavy atom. The van der Waals surface area contributed by atoms with Gasteiger partial charge in [-0.1, -0.05) is 20.3 Å². The molecule has 0 aliphatic carbocycles.